The molecule has 0 spiro atoms. The number of hydrogen-bond donors (Lipinski definition) is 3. The van der Waals surface area contributed by atoms with Crippen molar-refractivity contribution in [1.29, 1.82) is 0 Å². The number of rotatable bonds is 3. The third kappa shape index (κ3) is 2.94. The second-order valence-electron chi connectivity index (χ2n) is 6.28. The number of esters is 1. The Labute approximate surface area is 147 Å². The number of methoxy groups -OCH3 is 1. The van der Waals surface area contributed by atoms with Crippen LogP contribution in [0.5, 0.6) is 0 Å². The molecular weight excluding hydrogens is 341 g/mol. The van der Waals surface area contributed by atoms with Crippen LogP contribution in [0.2, 0.25) is 0 Å². The molecule has 2 aromatic rings. The molecular formula is C18H18FN3O4. The first-order valence-electron chi connectivity index (χ1n) is 8.04. The zero-order valence-corrected chi connectivity index (χ0v) is 14.5. The number of carbonyl (C=O) groups is 1. The van der Waals surface area contributed by atoms with E-state index in [1.807, 2.05) is 13.8 Å². The Hall–Kier alpha value is -3.16. The third-order valence-corrected chi connectivity index (χ3v) is 4.29. The van der Waals surface area contributed by atoms with Crippen LogP contribution in [0.4, 0.5) is 10.2 Å². The Morgan fingerprint density at radius 1 is 1.15 bits per heavy atom. The lowest BCUT2D eigenvalue weighted by Gasteiger charge is -2.31. The number of benzene rings is 1. The zero-order chi connectivity index (χ0) is 19.0. The molecule has 1 atom stereocenters. The van der Waals surface area contributed by atoms with Gasteiger partial charge in [-0.15, -0.1) is 0 Å². The topological polar surface area (TPSA) is 104 Å². The lowest BCUT2D eigenvalue weighted by atomic mass is 9.80. The minimum atomic E-state index is -0.808. The van der Waals surface area contributed by atoms with Crippen LogP contribution in [-0.2, 0) is 9.53 Å². The number of carbonyl (C=O) groups excluding carboxylic acids is 1. The van der Waals surface area contributed by atoms with Crippen molar-refractivity contribution in [2.45, 2.75) is 19.8 Å². The summed E-state index contributed by atoms with van der Waals surface area (Å²) >= 11 is 0. The molecule has 1 aliphatic heterocycles. The molecule has 1 aliphatic rings. The highest BCUT2D eigenvalue weighted by atomic mass is 19.1. The molecule has 3 rings (SSSR count). The fourth-order valence-corrected chi connectivity index (χ4v) is 3.15. The standard InChI is InChI=1S/C18H18FN3O4/c1-8(2)14-12(17(24)26-3)11(9-4-6-10(19)7-5-9)13-15(20-14)21-18(25)22-16(13)23/h4-8,11H,1-3H3,(H3,20,21,22,23,25). The molecule has 8 heteroatoms. The van der Waals surface area contributed by atoms with Crippen LogP contribution in [0.25, 0.3) is 0 Å². The van der Waals surface area contributed by atoms with E-state index in [-0.39, 0.29) is 22.9 Å². The fourth-order valence-electron chi connectivity index (χ4n) is 3.15. The molecule has 2 heterocycles. The lowest BCUT2D eigenvalue weighted by Crippen LogP contribution is -2.36. The van der Waals surface area contributed by atoms with Gasteiger partial charge in [0.25, 0.3) is 5.56 Å². The smallest absolute Gasteiger partial charge is 0.336 e. The molecule has 136 valence electrons. The minimum absolute atomic E-state index is 0.122. The number of aromatic amines is 2. The van der Waals surface area contributed by atoms with E-state index in [2.05, 4.69) is 15.3 Å². The maximum absolute atomic E-state index is 13.4. The molecule has 1 unspecified atom stereocenters. The molecule has 0 saturated carbocycles. The molecule has 0 saturated heterocycles. The van der Waals surface area contributed by atoms with Crippen molar-refractivity contribution < 1.29 is 13.9 Å². The van der Waals surface area contributed by atoms with Gasteiger partial charge in [-0.1, -0.05) is 26.0 Å². The van der Waals surface area contributed by atoms with Gasteiger partial charge in [0.1, 0.15) is 11.6 Å². The first-order chi connectivity index (χ1) is 12.3. The SMILES string of the molecule is COC(=O)C1=C(C(C)C)Nc2[nH]c(=O)[nH]c(=O)c2C1c1ccc(F)cc1. The summed E-state index contributed by atoms with van der Waals surface area (Å²) in [5.74, 6) is -1.76. The van der Waals surface area contributed by atoms with Gasteiger partial charge >= 0.3 is 11.7 Å². The maximum atomic E-state index is 13.4. The molecule has 1 aromatic carbocycles. The number of allylic oxidation sites excluding steroid dienone is 1. The first kappa shape index (κ1) is 17.7. The van der Waals surface area contributed by atoms with Crippen molar-refractivity contribution in [3.05, 3.63) is 73.3 Å². The van der Waals surface area contributed by atoms with Gasteiger partial charge in [-0.25, -0.2) is 14.0 Å². The number of nitrogens with one attached hydrogen (secondary N) is 3. The molecule has 1 aromatic heterocycles. The van der Waals surface area contributed by atoms with Crippen LogP contribution < -0.4 is 16.6 Å². The molecule has 7 nitrogen and oxygen atoms in total. The van der Waals surface area contributed by atoms with Crippen molar-refractivity contribution in [3.8, 4) is 0 Å². The normalized spacial score (nSPS) is 16.3. The number of fused-ring (bicyclic) bond motifs is 1. The van der Waals surface area contributed by atoms with E-state index >= 15 is 0 Å². The van der Waals surface area contributed by atoms with Gasteiger partial charge in [-0.3, -0.25) is 14.8 Å². The number of ether oxygens (including phenoxy) is 1. The lowest BCUT2D eigenvalue weighted by molar-refractivity contribution is -0.136. The summed E-state index contributed by atoms with van der Waals surface area (Å²) in [5, 5.41) is 2.98. The number of anilines is 1. The number of aromatic nitrogens is 2. The Morgan fingerprint density at radius 2 is 1.81 bits per heavy atom. The predicted octanol–water partition coefficient (Wildman–Crippen LogP) is 1.84. The van der Waals surface area contributed by atoms with Crippen molar-refractivity contribution in [2.75, 3.05) is 12.4 Å². The van der Waals surface area contributed by atoms with Crippen molar-refractivity contribution >= 4 is 11.8 Å². The van der Waals surface area contributed by atoms with Crippen LogP contribution >= 0.6 is 0 Å². The summed E-state index contributed by atoms with van der Waals surface area (Å²) < 4.78 is 18.3. The Morgan fingerprint density at radius 3 is 2.38 bits per heavy atom. The first-order valence-corrected chi connectivity index (χ1v) is 8.04. The average molecular weight is 359 g/mol. The Kier molecular flexibility index (Phi) is 4.50. The Bertz CT molecular complexity index is 1000. The third-order valence-electron chi connectivity index (χ3n) is 4.29. The van der Waals surface area contributed by atoms with E-state index in [1.165, 1.54) is 31.4 Å². The van der Waals surface area contributed by atoms with Crippen LogP contribution in [0.3, 0.4) is 0 Å². The minimum Gasteiger partial charge on any atom is -0.466 e. The number of hydrogen-bond acceptors (Lipinski definition) is 5. The van der Waals surface area contributed by atoms with Gasteiger partial charge in [-0.05, 0) is 23.6 Å². The predicted molar refractivity (Wildman–Crippen MR) is 93.4 cm³/mol. The largest absolute Gasteiger partial charge is 0.466 e. The Balaban J connectivity index is 2.37. The van der Waals surface area contributed by atoms with E-state index in [9.17, 15) is 18.8 Å². The van der Waals surface area contributed by atoms with E-state index in [4.69, 9.17) is 4.74 Å². The van der Waals surface area contributed by atoms with Crippen molar-refractivity contribution in [1.82, 2.24) is 9.97 Å². The summed E-state index contributed by atoms with van der Waals surface area (Å²) in [6.45, 7) is 3.73. The monoisotopic (exact) mass is 359 g/mol. The van der Waals surface area contributed by atoms with E-state index in [0.29, 0.717) is 11.3 Å². The van der Waals surface area contributed by atoms with E-state index < -0.39 is 29.0 Å². The number of halogens is 1. The van der Waals surface area contributed by atoms with Gasteiger partial charge in [0.2, 0.25) is 0 Å². The van der Waals surface area contributed by atoms with Crippen LogP contribution in [0, 0.1) is 11.7 Å². The van der Waals surface area contributed by atoms with Crippen molar-refractivity contribution in [3.63, 3.8) is 0 Å². The van der Waals surface area contributed by atoms with Crippen LogP contribution in [0.1, 0.15) is 30.9 Å². The summed E-state index contributed by atoms with van der Waals surface area (Å²) in [5.41, 5.74) is 0.184. The highest BCUT2D eigenvalue weighted by Crippen LogP contribution is 2.41. The molecule has 0 fully saturated rings. The quantitative estimate of drug-likeness (QED) is 0.726. The maximum Gasteiger partial charge on any atom is 0.336 e. The summed E-state index contributed by atoms with van der Waals surface area (Å²) in [6, 6.07) is 5.50. The molecule has 0 amide bonds. The molecule has 26 heavy (non-hydrogen) atoms. The number of H-pyrrole nitrogens is 2. The molecule has 0 aliphatic carbocycles. The average Bonchev–Trinajstić information content (AvgIpc) is 2.59. The van der Waals surface area contributed by atoms with E-state index in [1.54, 1.807) is 0 Å². The molecule has 3 N–H and O–H groups in total. The zero-order valence-electron chi connectivity index (χ0n) is 14.5. The van der Waals surface area contributed by atoms with Gasteiger partial charge in [0, 0.05) is 5.70 Å². The second kappa shape index (κ2) is 6.62. The van der Waals surface area contributed by atoms with Crippen LogP contribution in [0.15, 0.2) is 45.1 Å². The summed E-state index contributed by atoms with van der Waals surface area (Å²) in [6.07, 6.45) is 0. The molecule has 0 radical (unpaired) electrons. The van der Waals surface area contributed by atoms with Gasteiger partial charge in [0.05, 0.1) is 24.2 Å². The highest BCUT2D eigenvalue weighted by Gasteiger charge is 2.37. The molecule has 0 bridgehead atoms. The highest BCUT2D eigenvalue weighted by molar-refractivity contribution is 5.94. The summed E-state index contributed by atoms with van der Waals surface area (Å²) in [4.78, 5) is 41.5. The fraction of sp³-hybridized carbons (Fsp3) is 0.278. The van der Waals surface area contributed by atoms with E-state index in [0.717, 1.165) is 0 Å². The van der Waals surface area contributed by atoms with Gasteiger partial charge in [-0.2, -0.15) is 0 Å². The van der Waals surface area contributed by atoms with Gasteiger partial charge in [0.15, 0.2) is 0 Å². The van der Waals surface area contributed by atoms with Crippen LogP contribution in [-0.4, -0.2) is 23.0 Å². The second-order valence-corrected chi connectivity index (χ2v) is 6.28. The van der Waals surface area contributed by atoms with Gasteiger partial charge < -0.3 is 10.1 Å². The van der Waals surface area contributed by atoms with Crippen molar-refractivity contribution in [2.24, 2.45) is 5.92 Å². The summed E-state index contributed by atoms with van der Waals surface area (Å²) in [7, 11) is 1.25.